The molecule has 1 heterocycles. The van der Waals surface area contributed by atoms with E-state index in [-0.39, 0.29) is 25.5 Å². The Bertz CT molecular complexity index is 380. The molecule has 1 aromatic heterocycles. The van der Waals surface area contributed by atoms with Crippen LogP contribution >= 0.6 is 0 Å². The van der Waals surface area contributed by atoms with Crippen molar-refractivity contribution in [1.82, 2.24) is 9.88 Å². The number of hydrogen-bond acceptors (Lipinski definition) is 4. The van der Waals surface area contributed by atoms with Crippen molar-refractivity contribution in [2.24, 2.45) is 0 Å². The molecule has 1 rings (SSSR count). The summed E-state index contributed by atoms with van der Waals surface area (Å²) >= 11 is 0. The molecule has 0 atom stereocenters. The number of carbonyl (C=O) groups is 2. The van der Waals surface area contributed by atoms with Crippen molar-refractivity contribution in [2.45, 2.75) is 6.42 Å². The summed E-state index contributed by atoms with van der Waals surface area (Å²) in [5, 5.41) is 8.50. The van der Waals surface area contributed by atoms with Crippen molar-refractivity contribution in [1.29, 1.82) is 0 Å². The summed E-state index contributed by atoms with van der Waals surface area (Å²) in [6.45, 7) is -0.0970. The van der Waals surface area contributed by atoms with E-state index in [1.165, 1.54) is 7.05 Å². The lowest BCUT2D eigenvalue weighted by atomic mass is 10.4. The Morgan fingerprint density at radius 2 is 2.29 bits per heavy atom. The molecule has 1 aromatic rings. The molecular formula is C11H14N2O4. The average Bonchev–Trinajstić information content (AvgIpc) is 2.29. The van der Waals surface area contributed by atoms with Gasteiger partial charge >= 0.3 is 5.97 Å². The summed E-state index contributed by atoms with van der Waals surface area (Å²) in [5.74, 6) is -0.716. The quantitative estimate of drug-likeness (QED) is 0.775. The molecule has 6 heteroatoms. The molecule has 0 bridgehead atoms. The molecule has 0 aliphatic heterocycles. The van der Waals surface area contributed by atoms with E-state index in [1.54, 1.807) is 24.5 Å². The van der Waals surface area contributed by atoms with Gasteiger partial charge in [0.05, 0.1) is 19.2 Å². The molecule has 17 heavy (non-hydrogen) atoms. The van der Waals surface area contributed by atoms with Gasteiger partial charge in [0.15, 0.2) is 0 Å². The Morgan fingerprint density at radius 3 is 2.88 bits per heavy atom. The summed E-state index contributed by atoms with van der Waals surface area (Å²) in [4.78, 5) is 26.8. The topological polar surface area (TPSA) is 79.7 Å². The highest BCUT2D eigenvalue weighted by Crippen LogP contribution is 2.06. The molecule has 0 aliphatic carbocycles. The second-order valence-corrected chi connectivity index (χ2v) is 3.43. The SMILES string of the molecule is CN(CC(=O)O)C(=O)CCOc1cccnc1. The van der Waals surface area contributed by atoms with Crippen LogP contribution in [0.4, 0.5) is 0 Å². The van der Waals surface area contributed by atoms with Crippen LogP contribution in [0.5, 0.6) is 5.75 Å². The molecule has 6 nitrogen and oxygen atoms in total. The maximum atomic E-state index is 11.4. The molecule has 0 saturated heterocycles. The Balaban J connectivity index is 2.27. The Morgan fingerprint density at radius 1 is 1.53 bits per heavy atom. The van der Waals surface area contributed by atoms with Gasteiger partial charge in [0.1, 0.15) is 12.3 Å². The highest BCUT2D eigenvalue weighted by Gasteiger charge is 2.11. The first-order valence-electron chi connectivity index (χ1n) is 5.08. The molecule has 0 spiro atoms. The van der Waals surface area contributed by atoms with Crippen LogP contribution < -0.4 is 4.74 Å². The van der Waals surface area contributed by atoms with Gasteiger partial charge < -0.3 is 14.7 Å². The van der Waals surface area contributed by atoms with Crippen molar-refractivity contribution in [2.75, 3.05) is 20.2 Å². The number of ether oxygens (including phenoxy) is 1. The Labute approximate surface area is 98.8 Å². The lowest BCUT2D eigenvalue weighted by molar-refractivity contribution is -0.143. The molecule has 0 unspecified atom stereocenters. The van der Waals surface area contributed by atoms with Crippen LogP contribution in [0.15, 0.2) is 24.5 Å². The fourth-order valence-corrected chi connectivity index (χ4v) is 1.17. The average molecular weight is 238 g/mol. The van der Waals surface area contributed by atoms with Crippen molar-refractivity contribution in [3.05, 3.63) is 24.5 Å². The van der Waals surface area contributed by atoms with Gasteiger partial charge in [0.2, 0.25) is 5.91 Å². The summed E-state index contributed by atoms with van der Waals surface area (Å²) in [5.41, 5.74) is 0. The zero-order chi connectivity index (χ0) is 12.7. The van der Waals surface area contributed by atoms with Crippen LogP contribution in [-0.2, 0) is 9.59 Å². The van der Waals surface area contributed by atoms with Gasteiger partial charge in [-0.25, -0.2) is 0 Å². The first kappa shape index (κ1) is 13.0. The summed E-state index contributed by atoms with van der Waals surface area (Å²) in [6, 6.07) is 3.46. The van der Waals surface area contributed by atoms with Crippen LogP contribution in [-0.4, -0.2) is 47.1 Å². The molecule has 0 aromatic carbocycles. The van der Waals surface area contributed by atoms with Crippen LogP contribution in [0.1, 0.15) is 6.42 Å². The number of amides is 1. The van der Waals surface area contributed by atoms with Gasteiger partial charge in [0.25, 0.3) is 0 Å². The van der Waals surface area contributed by atoms with E-state index >= 15 is 0 Å². The molecule has 0 fully saturated rings. The normalized spacial score (nSPS) is 9.71. The molecule has 0 saturated carbocycles. The first-order chi connectivity index (χ1) is 8.09. The van der Waals surface area contributed by atoms with Crippen molar-refractivity contribution < 1.29 is 19.4 Å². The maximum absolute atomic E-state index is 11.4. The standard InChI is InChI=1S/C11H14N2O4/c1-13(8-11(15)16)10(14)4-6-17-9-3-2-5-12-7-9/h2-3,5,7H,4,6,8H2,1H3,(H,15,16). The molecule has 0 aliphatic rings. The van der Waals surface area contributed by atoms with Gasteiger partial charge in [-0.05, 0) is 12.1 Å². The number of likely N-dealkylation sites (N-methyl/N-ethyl adjacent to an activating group) is 1. The summed E-state index contributed by atoms with van der Waals surface area (Å²) in [6.07, 6.45) is 3.31. The number of carbonyl (C=O) groups excluding carboxylic acids is 1. The minimum absolute atomic E-state index is 0.138. The third-order valence-corrected chi connectivity index (χ3v) is 2.02. The monoisotopic (exact) mass is 238 g/mol. The predicted octanol–water partition coefficient (Wildman–Crippen LogP) is 0.393. The number of aromatic nitrogens is 1. The highest BCUT2D eigenvalue weighted by atomic mass is 16.5. The summed E-state index contributed by atoms with van der Waals surface area (Å²) < 4.78 is 5.27. The zero-order valence-electron chi connectivity index (χ0n) is 9.50. The number of aliphatic carboxylic acids is 1. The predicted molar refractivity (Wildman–Crippen MR) is 59.6 cm³/mol. The van der Waals surface area contributed by atoms with Crippen LogP contribution in [0.2, 0.25) is 0 Å². The smallest absolute Gasteiger partial charge is 0.323 e. The minimum atomic E-state index is -1.03. The number of rotatable bonds is 6. The fourth-order valence-electron chi connectivity index (χ4n) is 1.17. The van der Waals surface area contributed by atoms with Gasteiger partial charge in [-0.2, -0.15) is 0 Å². The van der Waals surface area contributed by atoms with Crippen molar-refractivity contribution in [3.63, 3.8) is 0 Å². The molecule has 1 amide bonds. The van der Waals surface area contributed by atoms with Gasteiger partial charge in [0, 0.05) is 13.2 Å². The second kappa shape index (κ2) is 6.47. The zero-order valence-corrected chi connectivity index (χ0v) is 9.50. The van der Waals surface area contributed by atoms with E-state index < -0.39 is 5.97 Å². The molecular weight excluding hydrogens is 224 g/mol. The third-order valence-electron chi connectivity index (χ3n) is 2.02. The van der Waals surface area contributed by atoms with E-state index in [2.05, 4.69) is 4.98 Å². The van der Waals surface area contributed by atoms with Crippen molar-refractivity contribution >= 4 is 11.9 Å². The molecule has 1 N–H and O–H groups in total. The second-order valence-electron chi connectivity index (χ2n) is 3.43. The van der Waals surface area contributed by atoms with Crippen LogP contribution in [0.25, 0.3) is 0 Å². The largest absolute Gasteiger partial charge is 0.491 e. The van der Waals surface area contributed by atoms with Gasteiger partial charge in [-0.3, -0.25) is 14.6 Å². The minimum Gasteiger partial charge on any atom is -0.491 e. The maximum Gasteiger partial charge on any atom is 0.323 e. The number of carboxylic acid groups (broad SMARTS) is 1. The van der Waals surface area contributed by atoms with Crippen LogP contribution in [0, 0.1) is 0 Å². The molecule has 92 valence electrons. The number of hydrogen-bond donors (Lipinski definition) is 1. The first-order valence-corrected chi connectivity index (χ1v) is 5.08. The number of pyridine rings is 1. The summed E-state index contributed by atoms with van der Waals surface area (Å²) in [7, 11) is 1.44. The lowest BCUT2D eigenvalue weighted by Gasteiger charge is -2.14. The van der Waals surface area contributed by atoms with E-state index in [1.807, 2.05) is 0 Å². The Kier molecular flexibility index (Phi) is 4.93. The Hall–Kier alpha value is -2.11. The third kappa shape index (κ3) is 4.96. The van der Waals surface area contributed by atoms with E-state index in [0.29, 0.717) is 5.75 Å². The van der Waals surface area contributed by atoms with Gasteiger partial charge in [-0.1, -0.05) is 0 Å². The molecule has 0 radical (unpaired) electrons. The van der Waals surface area contributed by atoms with Crippen LogP contribution in [0.3, 0.4) is 0 Å². The van der Waals surface area contributed by atoms with E-state index in [9.17, 15) is 9.59 Å². The fraction of sp³-hybridized carbons (Fsp3) is 0.364. The number of carboxylic acids is 1. The number of nitrogens with zero attached hydrogens (tertiary/aromatic N) is 2. The van der Waals surface area contributed by atoms with E-state index in [0.717, 1.165) is 4.90 Å². The van der Waals surface area contributed by atoms with Gasteiger partial charge in [-0.15, -0.1) is 0 Å². The van der Waals surface area contributed by atoms with E-state index in [4.69, 9.17) is 9.84 Å². The van der Waals surface area contributed by atoms with Crippen molar-refractivity contribution in [3.8, 4) is 5.75 Å². The lowest BCUT2D eigenvalue weighted by Crippen LogP contribution is -2.32. The highest BCUT2D eigenvalue weighted by molar-refractivity contribution is 5.81.